The van der Waals surface area contributed by atoms with Crippen LogP contribution in [0, 0.1) is 11.3 Å². The zero-order valence-corrected chi connectivity index (χ0v) is 26.0. The number of hydrogen-bond donors (Lipinski definition) is 1. The van der Waals surface area contributed by atoms with Crippen LogP contribution in [-0.2, 0) is 28.5 Å². The maximum atomic E-state index is 14.3. The highest BCUT2D eigenvalue weighted by Gasteiger charge is 2.55. The Morgan fingerprint density at radius 2 is 1.89 bits per heavy atom. The highest BCUT2D eigenvalue weighted by atomic mass is 16.5. The fourth-order valence-electron chi connectivity index (χ4n) is 8.21. The second-order valence-electron chi connectivity index (χ2n) is 13.0. The monoisotopic (exact) mass is 603 g/mol. The van der Waals surface area contributed by atoms with Gasteiger partial charge in [-0.25, -0.2) is 4.98 Å². The summed E-state index contributed by atoms with van der Waals surface area (Å²) < 4.78 is 9.06. The summed E-state index contributed by atoms with van der Waals surface area (Å²) in [7, 11) is 5.52. The minimum absolute atomic E-state index is 0.0329. The Kier molecular flexibility index (Phi) is 6.38. The second kappa shape index (κ2) is 10.3. The standard InChI is InChI=1S/C34H37N9O2/c1-40-26-20-36-31-28(29(26)34(32(40)44)10-13-42(14-11-34)33(9-12-35)7-4-8-33)27(22-5-6-25-23(17-22)18-37-41(25)2)30(39-31)24-19-38-43(21-24)15-16-45-3/h5-6,17-21H,4,7-11,13-16H2,1-3H3,(H,36,39). The number of likely N-dealkylation sites (N-methyl/N-ethyl adjacent to an activating group) is 1. The average molecular weight is 604 g/mol. The predicted octanol–water partition coefficient (Wildman–Crippen LogP) is 4.77. The molecule has 2 aliphatic heterocycles. The third-order valence-corrected chi connectivity index (χ3v) is 10.8. The Labute approximate surface area is 261 Å². The molecule has 0 bridgehead atoms. The molecule has 0 radical (unpaired) electrons. The van der Waals surface area contributed by atoms with Gasteiger partial charge in [-0.15, -0.1) is 0 Å². The first-order chi connectivity index (χ1) is 21.9. The normalized spacial score (nSPS) is 19.0. The molecule has 1 aromatic carbocycles. The Hall–Kier alpha value is -4.53. The van der Waals surface area contributed by atoms with Gasteiger partial charge in [0, 0.05) is 73.5 Å². The number of aromatic nitrogens is 6. The number of nitrogens with zero attached hydrogens (tertiary/aromatic N) is 8. The number of nitriles is 1. The molecule has 1 spiro atoms. The number of anilines is 1. The van der Waals surface area contributed by atoms with E-state index in [4.69, 9.17) is 9.72 Å². The molecule has 11 heteroatoms. The number of hydrogen-bond acceptors (Lipinski definition) is 7. The van der Waals surface area contributed by atoms with Crippen molar-refractivity contribution in [3.05, 3.63) is 48.5 Å². The van der Waals surface area contributed by atoms with Crippen LogP contribution in [0.15, 0.2) is 43.0 Å². The molecule has 2 fully saturated rings. The van der Waals surface area contributed by atoms with Gasteiger partial charge >= 0.3 is 0 Å². The number of benzene rings is 1. The number of aryl methyl sites for hydroxylation is 1. The smallest absolute Gasteiger partial charge is 0.237 e. The predicted molar refractivity (Wildman–Crippen MR) is 172 cm³/mol. The molecule has 4 aromatic heterocycles. The van der Waals surface area contributed by atoms with Crippen molar-refractivity contribution >= 4 is 33.5 Å². The summed E-state index contributed by atoms with van der Waals surface area (Å²) in [5, 5.41) is 20.8. The van der Waals surface area contributed by atoms with Gasteiger partial charge in [0.2, 0.25) is 5.91 Å². The number of ether oxygens (including phenoxy) is 1. The van der Waals surface area contributed by atoms with Gasteiger partial charge in [-0.2, -0.15) is 15.5 Å². The Morgan fingerprint density at radius 1 is 1.07 bits per heavy atom. The summed E-state index contributed by atoms with van der Waals surface area (Å²) in [4.78, 5) is 27.2. The van der Waals surface area contributed by atoms with Gasteiger partial charge in [-0.1, -0.05) is 6.07 Å². The number of likely N-dealkylation sites (tertiary alicyclic amines) is 1. The van der Waals surface area contributed by atoms with Gasteiger partial charge in [0.25, 0.3) is 0 Å². The maximum absolute atomic E-state index is 14.3. The molecular weight excluding hydrogens is 566 g/mol. The van der Waals surface area contributed by atoms with Crippen LogP contribution in [0.4, 0.5) is 5.69 Å². The summed E-state index contributed by atoms with van der Waals surface area (Å²) in [5.74, 6) is 0.137. The van der Waals surface area contributed by atoms with Crippen LogP contribution >= 0.6 is 0 Å². The number of methoxy groups -OCH3 is 1. The van der Waals surface area contributed by atoms with E-state index in [0.29, 0.717) is 32.4 Å². The number of H-pyrrole nitrogens is 1. The van der Waals surface area contributed by atoms with Gasteiger partial charge in [0.15, 0.2) is 0 Å². The largest absolute Gasteiger partial charge is 0.383 e. The molecule has 1 N–H and O–H groups in total. The van der Waals surface area contributed by atoms with Crippen molar-refractivity contribution in [2.75, 3.05) is 38.8 Å². The van der Waals surface area contributed by atoms with Crippen molar-refractivity contribution in [2.24, 2.45) is 7.05 Å². The summed E-state index contributed by atoms with van der Waals surface area (Å²) in [6.07, 6.45) is 12.9. The van der Waals surface area contributed by atoms with Gasteiger partial charge in [-0.3, -0.25) is 19.1 Å². The van der Waals surface area contributed by atoms with E-state index < -0.39 is 5.41 Å². The van der Waals surface area contributed by atoms with Crippen LogP contribution in [0.2, 0.25) is 0 Å². The van der Waals surface area contributed by atoms with E-state index in [1.807, 2.05) is 53.1 Å². The highest BCUT2D eigenvalue weighted by molar-refractivity contribution is 6.16. The van der Waals surface area contributed by atoms with Crippen molar-refractivity contribution in [1.29, 1.82) is 5.26 Å². The van der Waals surface area contributed by atoms with E-state index in [9.17, 15) is 10.1 Å². The van der Waals surface area contributed by atoms with E-state index in [2.05, 4.69) is 44.3 Å². The molecule has 3 aliphatic rings. The summed E-state index contributed by atoms with van der Waals surface area (Å²) in [6, 6.07) is 8.88. The summed E-state index contributed by atoms with van der Waals surface area (Å²) in [6.45, 7) is 2.81. The Morgan fingerprint density at radius 3 is 2.62 bits per heavy atom. The van der Waals surface area contributed by atoms with Crippen LogP contribution in [0.5, 0.6) is 0 Å². The molecule has 0 atom stereocenters. The minimum Gasteiger partial charge on any atom is -0.383 e. The number of fused-ring (bicyclic) bond motifs is 5. The molecule has 6 heterocycles. The first kappa shape index (κ1) is 28.0. The Balaban J connectivity index is 1.32. The number of carbonyl (C=O) groups excluding carboxylic acids is 1. The maximum Gasteiger partial charge on any atom is 0.237 e. The Bertz CT molecular complexity index is 2000. The third-order valence-electron chi connectivity index (χ3n) is 10.8. The van der Waals surface area contributed by atoms with Crippen LogP contribution in [-0.4, -0.2) is 79.7 Å². The topological polar surface area (TPSA) is 121 Å². The zero-order valence-electron chi connectivity index (χ0n) is 26.0. The van der Waals surface area contributed by atoms with Crippen molar-refractivity contribution in [3.63, 3.8) is 0 Å². The van der Waals surface area contributed by atoms with E-state index in [1.54, 1.807) is 7.11 Å². The lowest BCUT2D eigenvalue weighted by atomic mass is 9.68. The van der Waals surface area contributed by atoms with E-state index in [-0.39, 0.29) is 11.4 Å². The molecule has 5 aromatic rings. The molecule has 8 rings (SSSR count). The zero-order chi connectivity index (χ0) is 30.9. The van der Waals surface area contributed by atoms with Crippen molar-refractivity contribution in [2.45, 2.75) is 56.0 Å². The average Bonchev–Trinajstić information content (AvgIpc) is 3.80. The molecule has 1 amide bonds. The first-order valence-corrected chi connectivity index (χ1v) is 15.8. The SMILES string of the molecule is COCCn1cc(-c2[nH]c3ncc4c(c3c2-c2ccc3c(cnn3C)c2)C2(CCN(C3(CC#N)CCC3)CC2)C(=O)N4C)cn1. The quantitative estimate of drug-likeness (QED) is 0.284. The molecule has 230 valence electrons. The van der Waals surface area contributed by atoms with Gasteiger partial charge in [0.1, 0.15) is 5.65 Å². The number of aromatic amines is 1. The number of nitrogens with one attached hydrogen (secondary N) is 1. The van der Waals surface area contributed by atoms with E-state index >= 15 is 0 Å². The lowest BCUT2D eigenvalue weighted by Gasteiger charge is -2.53. The highest BCUT2D eigenvalue weighted by Crippen LogP contribution is 2.55. The van der Waals surface area contributed by atoms with Crippen molar-refractivity contribution < 1.29 is 9.53 Å². The number of carbonyl (C=O) groups is 1. The van der Waals surface area contributed by atoms with Crippen molar-refractivity contribution in [3.8, 4) is 28.5 Å². The number of piperidine rings is 1. The second-order valence-corrected chi connectivity index (χ2v) is 13.0. The fourth-order valence-corrected chi connectivity index (χ4v) is 8.21. The van der Waals surface area contributed by atoms with Gasteiger partial charge in [0.05, 0.1) is 66.5 Å². The fraction of sp³-hybridized carbons (Fsp3) is 0.441. The van der Waals surface area contributed by atoms with Crippen LogP contribution in [0.3, 0.4) is 0 Å². The molecular formula is C34H37N9O2. The van der Waals surface area contributed by atoms with Gasteiger partial charge < -0.3 is 14.6 Å². The van der Waals surface area contributed by atoms with Crippen LogP contribution < -0.4 is 4.90 Å². The molecule has 0 unspecified atom stereocenters. The molecule has 1 saturated heterocycles. The minimum atomic E-state index is -0.658. The van der Waals surface area contributed by atoms with Gasteiger partial charge in [-0.05, 0) is 49.8 Å². The molecule has 1 saturated carbocycles. The van der Waals surface area contributed by atoms with Crippen molar-refractivity contribution in [1.82, 2.24) is 34.4 Å². The molecule has 11 nitrogen and oxygen atoms in total. The van der Waals surface area contributed by atoms with E-state index in [0.717, 1.165) is 81.5 Å². The summed E-state index contributed by atoms with van der Waals surface area (Å²) in [5.41, 5.74) is 7.00. The lowest BCUT2D eigenvalue weighted by molar-refractivity contribution is -0.126. The third kappa shape index (κ3) is 4.02. The number of amides is 1. The summed E-state index contributed by atoms with van der Waals surface area (Å²) >= 11 is 0. The van der Waals surface area contributed by atoms with Crippen LogP contribution in [0.25, 0.3) is 44.3 Å². The molecule has 1 aliphatic carbocycles. The molecule has 45 heavy (non-hydrogen) atoms. The lowest BCUT2D eigenvalue weighted by Crippen LogP contribution is -2.59. The van der Waals surface area contributed by atoms with Crippen LogP contribution in [0.1, 0.15) is 44.1 Å². The number of rotatable bonds is 7. The number of pyridine rings is 1. The first-order valence-electron chi connectivity index (χ1n) is 15.8. The van der Waals surface area contributed by atoms with E-state index in [1.165, 1.54) is 6.42 Å².